The first-order valence-electron chi connectivity index (χ1n) is 7.06. The molecule has 0 saturated heterocycles. The molecule has 9 heteroatoms. The molecule has 1 heterocycles. The van der Waals surface area contributed by atoms with E-state index in [1.807, 2.05) is 6.07 Å². The molecule has 0 spiro atoms. The minimum absolute atomic E-state index is 0.0984. The molecular weight excluding hydrogens is 347 g/mol. The number of aliphatic hydroxyl groups is 1. The number of rotatable bonds is 2. The summed E-state index contributed by atoms with van der Waals surface area (Å²) in [6, 6.07) is 5.77. The fourth-order valence-corrected chi connectivity index (χ4v) is 2.96. The van der Waals surface area contributed by atoms with Gasteiger partial charge in [0, 0.05) is 29.2 Å². The van der Waals surface area contributed by atoms with Crippen molar-refractivity contribution in [2.45, 2.75) is 24.6 Å². The van der Waals surface area contributed by atoms with E-state index in [-0.39, 0.29) is 22.7 Å². The maximum absolute atomic E-state index is 13.8. The molecule has 1 unspecified atom stereocenters. The summed E-state index contributed by atoms with van der Waals surface area (Å²) in [7, 11) is 1.28. The zero-order valence-corrected chi connectivity index (χ0v) is 12.7. The number of benzene rings is 1. The Morgan fingerprint density at radius 2 is 2.04 bits per heavy atom. The molecular formula is C16H11F5N2O2. The Morgan fingerprint density at radius 1 is 1.36 bits per heavy atom. The predicted molar refractivity (Wildman–Crippen MR) is 75.6 cm³/mol. The summed E-state index contributed by atoms with van der Waals surface area (Å²) in [6.45, 7) is 0. The largest absolute Gasteiger partial charge is 0.495 e. The predicted octanol–water partition coefficient (Wildman–Crippen LogP) is 3.60. The number of alkyl halides is 5. The van der Waals surface area contributed by atoms with E-state index in [1.165, 1.54) is 25.3 Å². The van der Waals surface area contributed by atoms with E-state index in [9.17, 15) is 27.1 Å². The van der Waals surface area contributed by atoms with Crippen LogP contribution in [0.3, 0.4) is 0 Å². The first-order chi connectivity index (χ1) is 11.6. The van der Waals surface area contributed by atoms with E-state index in [0.717, 1.165) is 4.57 Å². The lowest BCUT2D eigenvalue weighted by molar-refractivity contribution is -0.142. The Morgan fingerprint density at radius 3 is 2.60 bits per heavy atom. The average molecular weight is 358 g/mol. The summed E-state index contributed by atoms with van der Waals surface area (Å²) in [6.07, 6.45) is -7.78. The van der Waals surface area contributed by atoms with Crippen LogP contribution < -0.4 is 4.74 Å². The van der Waals surface area contributed by atoms with Gasteiger partial charge in [-0.1, -0.05) is 0 Å². The quantitative estimate of drug-likeness (QED) is 0.835. The van der Waals surface area contributed by atoms with Crippen LogP contribution in [-0.4, -0.2) is 22.7 Å². The van der Waals surface area contributed by atoms with Gasteiger partial charge in [0.05, 0.1) is 24.7 Å². The topological polar surface area (TPSA) is 58.2 Å². The molecule has 1 atom stereocenters. The molecule has 132 valence electrons. The van der Waals surface area contributed by atoms with Crippen LogP contribution in [0.25, 0.3) is 5.69 Å². The number of fused-ring (bicyclic) bond motifs is 1. The van der Waals surface area contributed by atoms with Crippen molar-refractivity contribution in [2.75, 3.05) is 7.11 Å². The Balaban J connectivity index is 2.24. The normalized spacial score (nSPS) is 18.7. The highest BCUT2D eigenvalue weighted by Gasteiger charge is 2.53. The maximum Gasteiger partial charge on any atom is 0.418 e. The van der Waals surface area contributed by atoms with E-state index in [0.29, 0.717) is 6.20 Å². The van der Waals surface area contributed by atoms with Crippen molar-refractivity contribution in [3.05, 3.63) is 46.8 Å². The van der Waals surface area contributed by atoms with Crippen molar-refractivity contribution in [2.24, 2.45) is 0 Å². The van der Waals surface area contributed by atoms with Gasteiger partial charge < -0.3 is 14.4 Å². The molecule has 1 aliphatic rings. The third-order valence-electron chi connectivity index (χ3n) is 4.12. The molecule has 0 aliphatic heterocycles. The number of aromatic nitrogens is 1. The molecule has 25 heavy (non-hydrogen) atoms. The Kier molecular flexibility index (Phi) is 3.76. The molecule has 3 rings (SSSR count). The van der Waals surface area contributed by atoms with E-state index in [1.54, 1.807) is 0 Å². The van der Waals surface area contributed by atoms with Gasteiger partial charge >= 0.3 is 6.18 Å². The fraction of sp³-hybridized carbons (Fsp3) is 0.312. The molecule has 2 aromatic rings. The third-order valence-corrected chi connectivity index (χ3v) is 4.12. The Hall–Kier alpha value is -2.60. The first-order valence-corrected chi connectivity index (χ1v) is 7.06. The van der Waals surface area contributed by atoms with Crippen LogP contribution in [0.4, 0.5) is 22.0 Å². The van der Waals surface area contributed by atoms with Crippen LogP contribution in [0.1, 0.15) is 28.5 Å². The van der Waals surface area contributed by atoms with E-state index < -0.39 is 35.8 Å². The maximum atomic E-state index is 13.8. The highest BCUT2D eigenvalue weighted by Crippen LogP contribution is 2.50. The lowest BCUT2D eigenvalue weighted by Crippen LogP contribution is -2.23. The summed E-state index contributed by atoms with van der Waals surface area (Å²) < 4.78 is 73.2. The second-order valence-electron chi connectivity index (χ2n) is 5.61. The smallest absolute Gasteiger partial charge is 0.418 e. The first kappa shape index (κ1) is 17.2. The molecule has 1 aromatic carbocycles. The molecule has 1 N–H and O–H groups in total. The number of halogens is 5. The minimum atomic E-state index is -4.90. The van der Waals surface area contributed by atoms with Gasteiger partial charge in [-0.05, 0) is 12.1 Å². The third kappa shape index (κ3) is 2.62. The lowest BCUT2D eigenvalue weighted by atomic mass is 10.1. The summed E-state index contributed by atoms with van der Waals surface area (Å²) in [4.78, 5) is 0. The number of nitrogens with zero attached hydrogens (tertiary/aromatic N) is 2. The van der Waals surface area contributed by atoms with Gasteiger partial charge in [-0.3, -0.25) is 0 Å². The van der Waals surface area contributed by atoms with Crippen molar-refractivity contribution in [3.8, 4) is 17.5 Å². The van der Waals surface area contributed by atoms with Crippen LogP contribution in [0.15, 0.2) is 24.4 Å². The van der Waals surface area contributed by atoms with Crippen LogP contribution in [0.5, 0.6) is 5.75 Å². The molecule has 0 radical (unpaired) electrons. The van der Waals surface area contributed by atoms with E-state index in [2.05, 4.69) is 0 Å². The molecule has 4 nitrogen and oxygen atoms in total. The summed E-state index contributed by atoms with van der Waals surface area (Å²) >= 11 is 0. The van der Waals surface area contributed by atoms with Gasteiger partial charge in [0.1, 0.15) is 17.9 Å². The highest BCUT2D eigenvalue weighted by atomic mass is 19.4. The van der Waals surface area contributed by atoms with Crippen molar-refractivity contribution in [1.82, 2.24) is 4.57 Å². The van der Waals surface area contributed by atoms with Crippen molar-refractivity contribution in [1.29, 1.82) is 5.26 Å². The van der Waals surface area contributed by atoms with Gasteiger partial charge in [0.15, 0.2) is 0 Å². The zero-order chi connectivity index (χ0) is 18.6. The Bertz CT molecular complexity index is 880. The molecule has 0 bridgehead atoms. The fourth-order valence-electron chi connectivity index (χ4n) is 2.96. The van der Waals surface area contributed by atoms with Gasteiger partial charge in [-0.15, -0.1) is 0 Å². The standard InChI is InChI=1S/C16H11F5N2O2/c1-25-12-4-9(3-2-8(12)6-22)23-7-10(16(19,20)21)13-11(23)5-15(17,18)14(13)24/h2-4,7,14,24H,5H2,1H3. The van der Waals surface area contributed by atoms with Gasteiger partial charge in [-0.2, -0.15) is 18.4 Å². The van der Waals surface area contributed by atoms with Crippen LogP contribution in [0.2, 0.25) is 0 Å². The Labute approximate surface area is 138 Å². The molecule has 0 saturated carbocycles. The molecule has 0 fully saturated rings. The monoisotopic (exact) mass is 358 g/mol. The van der Waals surface area contributed by atoms with Gasteiger partial charge in [0.2, 0.25) is 0 Å². The summed E-state index contributed by atoms with van der Waals surface area (Å²) in [5, 5.41) is 18.6. The van der Waals surface area contributed by atoms with E-state index >= 15 is 0 Å². The number of hydrogen-bond acceptors (Lipinski definition) is 3. The number of nitriles is 1. The SMILES string of the molecule is COc1cc(-n2cc(C(F)(F)F)c3c2CC(F)(F)C3O)ccc1C#N. The van der Waals surface area contributed by atoms with E-state index in [4.69, 9.17) is 10.00 Å². The average Bonchev–Trinajstić information content (AvgIpc) is 3.01. The molecule has 1 aliphatic carbocycles. The van der Waals surface area contributed by atoms with Gasteiger partial charge in [-0.25, -0.2) is 8.78 Å². The van der Waals surface area contributed by atoms with Crippen molar-refractivity contribution < 1.29 is 31.8 Å². The number of methoxy groups -OCH3 is 1. The summed E-state index contributed by atoms with van der Waals surface area (Å²) in [5.74, 6) is -3.59. The lowest BCUT2D eigenvalue weighted by Gasteiger charge is -2.16. The zero-order valence-electron chi connectivity index (χ0n) is 12.7. The van der Waals surface area contributed by atoms with Crippen LogP contribution in [-0.2, 0) is 12.6 Å². The number of hydrogen-bond donors (Lipinski definition) is 1. The van der Waals surface area contributed by atoms with Crippen LogP contribution in [0, 0.1) is 11.3 Å². The molecule has 0 amide bonds. The summed E-state index contributed by atoms with van der Waals surface area (Å²) in [5.41, 5.74) is -2.18. The number of ether oxygens (including phenoxy) is 1. The van der Waals surface area contributed by atoms with Crippen molar-refractivity contribution in [3.63, 3.8) is 0 Å². The van der Waals surface area contributed by atoms with Crippen molar-refractivity contribution >= 4 is 0 Å². The molecule has 1 aromatic heterocycles. The second-order valence-corrected chi connectivity index (χ2v) is 5.61. The highest BCUT2D eigenvalue weighted by molar-refractivity contribution is 5.54. The van der Waals surface area contributed by atoms with Crippen LogP contribution >= 0.6 is 0 Å². The van der Waals surface area contributed by atoms with Gasteiger partial charge in [0.25, 0.3) is 5.92 Å². The minimum Gasteiger partial charge on any atom is -0.495 e. The number of aliphatic hydroxyl groups excluding tert-OH is 1. The second kappa shape index (κ2) is 5.46.